The first kappa shape index (κ1) is 13.3. The van der Waals surface area contributed by atoms with E-state index in [1.165, 1.54) is 11.8 Å². The lowest BCUT2D eigenvalue weighted by molar-refractivity contribution is -0.115. The number of anilines is 1. The van der Waals surface area contributed by atoms with Gasteiger partial charge in [-0.15, -0.1) is 0 Å². The summed E-state index contributed by atoms with van der Waals surface area (Å²) in [7, 11) is 0. The summed E-state index contributed by atoms with van der Waals surface area (Å²) in [6, 6.07) is 9.59. The smallest absolute Gasteiger partial charge is 0.230 e. The molecule has 0 aliphatic carbocycles. The van der Waals surface area contributed by atoms with Crippen LogP contribution >= 0.6 is 0 Å². The molecule has 1 aromatic carbocycles. The standard InChI is InChI=1S/C15H18N2O2/c1-15(2,3)11-4-6-12(7-5-11)16-14(18)10-13-8-9-19-17-13/h4-9H,10H2,1-3H3,(H,16,18). The molecule has 1 aromatic heterocycles. The van der Waals surface area contributed by atoms with Gasteiger partial charge in [0.1, 0.15) is 6.26 Å². The molecule has 0 aliphatic heterocycles. The second-order valence-electron chi connectivity index (χ2n) is 5.54. The molecule has 2 rings (SSSR count). The van der Waals surface area contributed by atoms with Gasteiger partial charge in [-0.05, 0) is 23.1 Å². The Balaban J connectivity index is 1.98. The molecule has 4 nitrogen and oxygen atoms in total. The van der Waals surface area contributed by atoms with Crippen LogP contribution in [0.2, 0.25) is 0 Å². The first-order valence-electron chi connectivity index (χ1n) is 6.25. The maximum Gasteiger partial charge on any atom is 0.230 e. The van der Waals surface area contributed by atoms with E-state index in [4.69, 9.17) is 0 Å². The highest BCUT2D eigenvalue weighted by atomic mass is 16.5. The number of nitrogens with zero attached hydrogens (tertiary/aromatic N) is 1. The molecule has 19 heavy (non-hydrogen) atoms. The topological polar surface area (TPSA) is 55.1 Å². The third-order valence-corrected chi connectivity index (χ3v) is 2.87. The summed E-state index contributed by atoms with van der Waals surface area (Å²) in [5, 5.41) is 6.55. The number of carbonyl (C=O) groups is 1. The van der Waals surface area contributed by atoms with Crippen LogP contribution in [-0.4, -0.2) is 11.1 Å². The largest absolute Gasteiger partial charge is 0.364 e. The van der Waals surface area contributed by atoms with E-state index >= 15 is 0 Å². The molecule has 0 unspecified atom stereocenters. The maximum absolute atomic E-state index is 11.8. The van der Waals surface area contributed by atoms with E-state index < -0.39 is 0 Å². The number of carbonyl (C=O) groups excluding carboxylic acids is 1. The molecule has 0 spiro atoms. The molecule has 0 aliphatic rings. The number of aromatic nitrogens is 1. The van der Waals surface area contributed by atoms with Crippen LogP contribution in [0.4, 0.5) is 5.69 Å². The molecule has 0 atom stereocenters. The third kappa shape index (κ3) is 3.68. The first-order chi connectivity index (χ1) is 8.95. The molecule has 0 bridgehead atoms. The van der Waals surface area contributed by atoms with Crippen molar-refractivity contribution in [3.05, 3.63) is 47.9 Å². The number of rotatable bonds is 3. The van der Waals surface area contributed by atoms with Crippen molar-refractivity contribution in [2.24, 2.45) is 0 Å². The summed E-state index contributed by atoms with van der Waals surface area (Å²) in [6.07, 6.45) is 1.68. The number of hydrogen-bond donors (Lipinski definition) is 1. The minimum atomic E-state index is -0.0996. The van der Waals surface area contributed by atoms with E-state index in [0.29, 0.717) is 5.69 Å². The summed E-state index contributed by atoms with van der Waals surface area (Å²) in [5.41, 5.74) is 2.77. The van der Waals surface area contributed by atoms with E-state index in [-0.39, 0.29) is 17.7 Å². The van der Waals surface area contributed by atoms with Gasteiger partial charge in [0.25, 0.3) is 0 Å². The molecule has 4 heteroatoms. The molecule has 100 valence electrons. The summed E-state index contributed by atoms with van der Waals surface area (Å²) in [6.45, 7) is 6.47. The average molecular weight is 258 g/mol. The lowest BCUT2D eigenvalue weighted by atomic mass is 9.87. The van der Waals surface area contributed by atoms with Gasteiger partial charge in [0, 0.05) is 11.8 Å². The Kier molecular flexibility index (Phi) is 3.69. The summed E-state index contributed by atoms with van der Waals surface area (Å²) >= 11 is 0. The SMILES string of the molecule is CC(C)(C)c1ccc(NC(=O)Cc2ccon2)cc1. The molecule has 1 amide bonds. The molecule has 1 N–H and O–H groups in total. The van der Waals surface area contributed by atoms with Crippen molar-refractivity contribution < 1.29 is 9.32 Å². The fourth-order valence-corrected chi connectivity index (χ4v) is 1.75. The number of nitrogens with one attached hydrogen (secondary N) is 1. The van der Waals surface area contributed by atoms with E-state index in [2.05, 4.69) is 35.8 Å². The molecule has 0 radical (unpaired) electrons. The number of hydrogen-bond acceptors (Lipinski definition) is 3. The zero-order chi connectivity index (χ0) is 13.9. The predicted octanol–water partition coefficient (Wildman–Crippen LogP) is 3.15. The van der Waals surface area contributed by atoms with Gasteiger partial charge in [0.15, 0.2) is 0 Å². The van der Waals surface area contributed by atoms with E-state index in [0.717, 1.165) is 5.69 Å². The Labute approximate surface area is 112 Å². The minimum Gasteiger partial charge on any atom is -0.364 e. The fraction of sp³-hybridized carbons (Fsp3) is 0.333. The number of benzene rings is 1. The Morgan fingerprint density at radius 2 is 1.89 bits per heavy atom. The van der Waals surface area contributed by atoms with E-state index in [1.807, 2.05) is 24.3 Å². The van der Waals surface area contributed by atoms with Gasteiger partial charge < -0.3 is 9.84 Å². The van der Waals surface area contributed by atoms with Crippen molar-refractivity contribution in [2.75, 3.05) is 5.32 Å². The average Bonchev–Trinajstić information content (AvgIpc) is 2.81. The molecular weight excluding hydrogens is 240 g/mol. The van der Waals surface area contributed by atoms with Crippen LogP contribution < -0.4 is 5.32 Å². The molecule has 1 heterocycles. The normalized spacial score (nSPS) is 11.3. The van der Waals surface area contributed by atoms with Crippen molar-refractivity contribution in [1.29, 1.82) is 0 Å². The summed E-state index contributed by atoms with van der Waals surface area (Å²) in [4.78, 5) is 11.8. The highest BCUT2D eigenvalue weighted by Gasteiger charge is 2.13. The van der Waals surface area contributed by atoms with Crippen LogP contribution in [-0.2, 0) is 16.6 Å². The molecular formula is C15H18N2O2. The highest BCUT2D eigenvalue weighted by Crippen LogP contribution is 2.23. The van der Waals surface area contributed by atoms with Crippen molar-refractivity contribution in [3.63, 3.8) is 0 Å². The van der Waals surface area contributed by atoms with Crippen LogP contribution in [0.3, 0.4) is 0 Å². The van der Waals surface area contributed by atoms with Crippen molar-refractivity contribution in [3.8, 4) is 0 Å². The molecule has 2 aromatic rings. The number of amides is 1. The van der Waals surface area contributed by atoms with Crippen molar-refractivity contribution in [1.82, 2.24) is 5.16 Å². The Hall–Kier alpha value is -2.10. The first-order valence-corrected chi connectivity index (χ1v) is 6.25. The third-order valence-electron chi connectivity index (χ3n) is 2.87. The Morgan fingerprint density at radius 1 is 1.21 bits per heavy atom. The van der Waals surface area contributed by atoms with Gasteiger partial charge in [0.2, 0.25) is 5.91 Å². The van der Waals surface area contributed by atoms with Crippen LogP contribution in [0.5, 0.6) is 0 Å². The van der Waals surface area contributed by atoms with Gasteiger partial charge in [-0.25, -0.2) is 0 Å². The van der Waals surface area contributed by atoms with Crippen LogP contribution in [0, 0.1) is 0 Å². The monoisotopic (exact) mass is 258 g/mol. The van der Waals surface area contributed by atoms with Crippen LogP contribution in [0.25, 0.3) is 0 Å². The fourth-order valence-electron chi connectivity index (χ4n) is 1.75. The van der Waals surface area contributed by atoms with Gasteiger partial charge in [0.05, 0.1) is 12.1 Å². The zero-order valence-corrected chi connectivity index (χ0v) is 11.4. The van der Waals surface area contributed by atoms with Crippen molar-refractivity contribution in [2.45, 2.75) is 32.6 Å². The summed E-state index contributed by atoms with van der Waals surface area (Å²) < 4.78 is 4.69. The minimum absolute atomic E-state index is 0.0996. The second-order valence-corrected chi connectivity index (χ2v) is 5.54. The highest BCUT2D eigenvalue weighted by molar-refractivity contribution is 5.91. The summed E-state index contributed by atoms with van der Waals surface area (Å²) in [5.74, 6) is -0.0996. The lowest BCUT2D eigenvalue weighted by Crippen LogP contribution is -2.15. The quantitative estimate of drug-likeness (QED) is 0.920. The molecule has 0 saturated carbocycles. The van der Waals surface area contributed by atoms with Crippen molar-refractivity contribution >= 4 is 11.6 Å². The Bertz CT molecular complexity index is 537. The van der Waals surface area contributed by atoms with Gasteiger partial charge in [-0.3, -0.25) is 4.79 Å². The van der Waals surface area contributed by atoms with E-state index in [1.54, 1.807) is 6.07 Å². The van der Waals surface area contributed by atoms with E-state index in [9.17, 15) is 4.79 Å². The van der Waals surface area contributed by atoms with Gasteiger partial charge >= 0.3 is 0 Å². The molecule has 0 saturated heterocycles. The van der Waals surface area contributed by atoms with Gasteiger partial charge in [-0.1, -0.05) is 38.1 Å². The second kappa shape index (κ2) is 5.26. The van der Waals surface area contributed by atoms with Gasteiger partial charge in [-0.2, -0.15) is 0 Å². The zero-order valence-electron chi connectivity index (χ0n) is 11.4. The molecule has 0 fully saturated rings. The maximum atomic E-state index is 11.8. The van der Waals surface area contributed by atoms with Crippen LogP contribution in [0.1, 0.15) is 32.0 Å². The predicted molar refractivity (Wildman–Crippen MR) is 74.0 cm³/mol. The van der Waals surface area contributed by atoms with Crippen LogP contribution in [0.15, 0.2) is 41.1 Å². The lowest BCUT2D eigenvalue weighted by Gasteiger charge is -2.19. The Morgan fingerprint density at radius 3 is 2.42 bits per heavy atom.